The normalized spacial score (nSPS) is 17.9. The number of carbonyl (C=O) groups is 1. The molecular weight excluding hydrogens is 324 g/mol. The van der Waals surface area contributed by atoms with Gasteiger partial charge in [0.15, 0.2) is 0 Å². The fourth-order valence-electron chi connectivity index (χ4n) is 3.06. The van der Waals surface area contributed by atoms with Crippen molar-refractivity contribution in [3.05, 3.63) is 23.0 Å². The van der Waals surface area contributed by atoms with E-state index in [1.54, 1.807) is 6.20 Å². The molecule has 1 atom stereocenters. The Bertz CT molecular complexity index is 641. The summed E-state index contributed by atoms with van der Waals surface area (Å²) in [6, 6.07) is -0.0217. The van der Waals surface area contributed by atoms with Crippen molar-refractivity contribution in [3.63, 3.8) is 0 Å². The highest BCUT2D eigenvalue weighted by molar-refractivity contribution is 7.15. The molecule has 0 spiro atoms. The number of hydrogen-bond donors (Lipinski definition) is 2. The number of aromatic nitrogens is 4. The van der Waals surface area contributed by atoms with Crippen molar-refractivity contribution >= 4 is 22.5 Å². The minimum Gasteiger partial charge on any atom is -0.317 e. The zero-order valence-electron chi connectivity index (χ0n) is 14.0. The molecule has 0 bridgehead atoms. The lowest BCUT2D eigenvalue weighted by molar-refractivity contribution is 0.163. The van der Waals surface area contributed by atoms with Gasteiger partial charge in [-0.25, -0.2) is 4.79 Å². The zero-order chi connectivity index (χ0) is 16.8. The molecule has 2 amide bonds. The topological polar surface area (TPSA) is 86.8 Å². The first kappa shape index (κ1) is 16.9. The van der Waals surface area contributed by atoms with Gasteiger partial charge in [0.1, 0.15) is 5.01 Å². The number of aryl methyl sites for hydroxylation is 1. The van der Waals surface area contributed by atoms with Gasteiger partial charge in [-0.3, -0.25) is 10.4 Å². The van der Waals surface area contributed by atoms with E-state index in [4.69, 9.17) is 0 Å². The first-order valence-electron chi connectivity index (χ1n) is 8.66. The van der Waals surface area contributed by atoms with Crippen molar-refractivity contribution in [2.75, 3.05) is 11.9 Å². The van der Waals surface area contributed by atoms with Crippen molar-refractivity contribution in [1.82, 2.24) is 25.3 Å². The van der Waals surface area contributed by atoms with Crippen LogP contribution in [0.25, 0.3) is 0 Å². The van der Waals surface area contributed by atoms with Gasteiger partial charge in [0, 0.05) is 24.7 Å². The minimum atomic E-state index is -0.0999. The standard InChI is InChI=1S/C16H24N6OS/c1-2-3-4-8-14-20-21-15(24-14)19-16(23)22-9-6-5-7-13(22)12-10-17-18-11-12/h10-11,13H,2-9H2,1H3,(H,17,18)(H,19,21,23). The van der Waals surface area contributed by atoms with Crippen LogP contribution in [0.15, 0.2) is 12.4 Å². The molecule has 0 aliphatic carbocycles. The number of unbranched alkanes of at least 4 members (excludes halogenated alkanes) is 2. The summed E-state index contributed by atoms with van der Waals surface area (Å²) in [5.74, 6) is 0. The molecule has 2 aromatic rings. The van der Waals surface area contributed by atoms with E-state index in [-0.39, 0.29) is 12.1 Å². The van der Waals surface area contributed by atoms with Gasteiger partial charge < -0.3 is 4.90 Å². The molecule has 8 heteroatoms. The molecular formula is C16H24N6OS. The summed E-state index contributed by atoms with van der Waals surface area (Å²) in [4.78, 5) is 14.5. The molecule has 3 rings (SSSR count). The number of carbonyl (C=O) groups excluding carboxylic acids is 1. The summed E-state index contributed by atoms with van der Waals surface area (Å²) in [6.45, 7) is 2.94. The average Bonchev–Trinajstić information content (AvgIpc) is 3.27. The van der Waals surface area contributed by atoms with Gasteiger partial charge in [-0.1, -0.05) is 31.1 Å². The Labute approximate surface area is 145 Å². The second-order valence-electron chi connectivity index (χ2n) is 6.12. The Balaban J connectivity index is 1.61. The van der Waals surface area contributed by atoms with Crippen LogP contribution in [0.2, 0.25) is 0 Å². The highest BCUT2D eigenvalue weighted by Crippen LogP contribution is 2.31. The first-order chi connectivity index (χ1) is 11.8. The van der Waals surface area contributed by atoms with Gasteiger partial charge in [-0.2, -0.15) is 5.10 Å². The van der Waals surface area contributed by atoms with Crippen molar-refractivity contribution in [2.45, 2.75) is 57.9 Å². The molecule has 0 aromatic carbocycles. The van der Waals surface area contributed by atoms with Gasteiger partial charge in [0.25, 0.3) is 0 Å². The number of rotatable bonds is 6. The Kier molecular flexibility index (Phi) is 5.79. The van der Waals surface area contributed by atoms with E-state index in [9.17, 15) is 4.79 Å². The lowest BCUT2D eigenvalue weighted by Gasteiger charge is -2.34. The molecule has 2 aromatic heterocycles. The number of piperidine rings is 1. The molecule has 2 N–H and O–H groups in total. The monoisotopic (exact) mass is 348 g/mol. The van der Waals surface area contributed by atoms with E-state index >= 15 is 0 Å². The van der Waals surface area contributed by atoms with E-state index < -0.39 is 0 Å². The number of H-pyrrole nitrogens is 1. The molecule has 24 heavy (non-hydrogen) atoms. The van der Waals surface area contributed by atoms with Gasteiger partial charge in [-0.15, -0.1) is 10.2 Å². The summed E-state index contributed by atoms with van der Waals surface area (Å²) < 4.78 is 0. The molecule has 0 radical (unpaired) electrons. The van der Waals surface area contributed by atoms with Crippen LogP contribution in [-0.4, -0.2) is 37.9 Å². The Morgan fingerprint density at radius 3 is 3.12 bits per heavy atom. The van der Waals surface area contributed by atoms with E-state index in [2.05, 4.69) is 32.6 Å². The van der Waals surface area contributed by atoms with Crippen molar-refractivity contribution < 1.29 is 4.79 Å². The smallest absolute Gasteiger partial charge is 0.317 e. The summed E-state index contributed by atoms with van der Waals surface area (Å²) in [7, 11) is 0. The number of nitrogens with one attached hydrogen (secondary N) is 2. The van der Waals surface area contributed by atoms with E-state index in [0.717, 1.165) is 49.2 Å². The number of urea groups is 1. The van der Waals surface area contributed by atoms with Crippen LogP contribution in [-0.2, 0) is 6.42 Å². The Morgan fingerprint density at radius 1 is 1.42 bits per heavy atom. The van der Waals surface area contributed by atoms with Crippen LogP contribution in [0.1, 0.15) is 62.1 Å². The van der Waals surface area contributed by atoms with Crippen LogP contribution in [0.5, 0.6) is 0 Å². The SMILES string of the molecule is CCCCCc1nnc(NC(=O)N2CCCCC2c2cn[nH]c2)s1. The molecule has 1 unspecified atom stereocenters. The molecule has 1 aliphatic rings. The van der Waals surface area contributed by atoms with Gasteiger partial charge in [0.05, 0.1) is 12.2 Å². The quantitative estimate of drug-likeness (QED) is 0.778. The molecule has 7 nitrogen and oxygen atoms in total. The van der Waals surface area contributed by atoms with Gasteiger partial charge in [0.2, 0.25) is 5.13 Å². The van der Waals surface area contributed by atoms with Crippen LogP contribution in [0.3, 0.4) is 0 Å². The number of hydrogen-bond acceptors (Lipinski definition) is 5. The maximum atomic E-state index is 12.7. The van der Waals surface area contributed by atoms with Crippen LogP contribution >= 0.6 is 11.3 Å². The predicted octanol–water partition coefficient (Wildman–Crippen LogP) is 3.75. The fraction of sp³-hybridized carbons (Fsp3) is 0.625. The first-order valence-corrected chi connectivity index (χ1v) is 9.48. The molecule has 0 saturated carbocycles. The highest BCUT2D eigenvalue weighted by Gasteiger charge is 2.29. The maximum Gasteiger partial charge on any atom is 0.324 e. The zero-order valence-corrected chi connectivity index (χ0v) is 14.8. The average molecular weight is 348 g/mol. The van der Waals surface area contributed by atoms with Crippen LogP contribution in [0, 0.1) is 0 Å². The summed E-state index contributed by atoms with van der Waals surface area (Å²) >= 11 is 1.47. The number of anilines is 1. The number of nitrogens with zero attached hydrogens (tertiary/aromatic N) is 4. The highest BCUT2D eigenvalue weighted by atomic mass is 32.1. The fourth-order valence-corrected chi connectivity index (χ4v) is 3.83. The second-order valence-corrected chi connectivity index (χ2v) is 7.19. The molecule has 3 heterocycles. The minimum absolute atomic E-state index is 0.0782. The largest absolute Gasteiger partial charge is 0.324 e. The summed E-state index contributed by atoms with van der Waals surface area (Å²) in [5, 5.41) is 19.6. The van der Waals surface area contributed by atoms with Gasteiger partial charge >= 0.3 is 6.03 Å². The van der Waals surface area contributed by atoms with Gasteiger partial charge in [-0.05, 0) is 25.7 Å². The molecule has 1 fully saturated rings. The number of likely N-dealkylation sites (tertiary alicyclic amines) is 1. The lowest BCUT2D eigenvalue weighted by atomic mass is 9.98. The van der Waals surface area contributed by atoms with Crippen molar-refractivity contribution in [1.29, 1.82) is 0 Å². The third kappa shape index (κ3) is 4.11. The van der Waals surface area contributed by atoms with Crippen LogP contribution in [0.4, 0.5) is 9.93 Å². The van der Waals surface area contributed by atoms with E-state index in [1.165, 1.54) is 24.2 Å². The number of aromatic amines is 1. The van der Waals surface area contributed by atoms with E-state index in [1.807, 2.05) is 11.1 Å². The maximum absolute atomic E-state index is 12.7. The van der Waals surface area contributed by atoms with Crippen molar-refractivity contribution in [2.24, 2.45) is 0 Å². The molecule has 1 aliphatic heterocycles. The summed E-state index contributed by atoms with van der Waals surface area (Å²) in [6.07, 6.45) is 11.2. The molecule has 130 valence electrons. The molecule has 1 saturated heterocycles. The third-order valence-corrected chi connectivity index (χ3v) is 5.24. The van der Waals surface area contributed by atoms with Crippen molar-refractivity contribution in [3.8, 4) is 0 Å². The lowest BCUT2D eigenvalue weighted by Crippen LogP contribution is -2.41. The van der Waals surface area contributed by atoms with Crippen LogP contribution < -0.4 is 5.32 Å². The van der Waals surface area contributed by atoms with E-state index in [0.29, 0.717) is 5.13 Å². The number of amides is 2. The second kappa shape index (κ2) is 8.23. The predicted molar refractivity (Wildman–Crippen MR) is 94.0 cm³/mol. The summed E-state index contributed by atoms with van der Waals surface area (Å²) in [5.41, 5.74) is 1.06. The Hall–Kier alpha value is -1.96. The Morgan fingerprint density at radius 2 is 2.33 bits per heavy atom. The third-order valence-electron chi connectivity index (χ3n) is 4.34.